The highest BCUT2D eigenvalue weighted by Crippen LogP contribution is 2.12. The van der Waals surface area contributed by atoms with Crippen molar-refractivity contribution in [2.75, 3.05) is 11.5 Å². The number of nitrogens with one attached hydrogen (secondary N) is 1. The Morgan fingerprint density at radius 1 is 1.42 bits per heavy atom. The minimum atomic E-state index is -0.912. The Kier molecular flexibility index (Phi) is 6.73. The second-order valence-corrected chi connectivity index (χ2v) is 5.61. The molecule has 19 heavy (non-hydrogen) atoms. The molecule has 0 aliphatic rings. The number of benzene rings is 1. The van der Waals surface area contributed by atoms with Crippen LogP contribution in [-0.4, -0.2) is 34.5 Å². The van der Waals surface area contributed by atoms with Crippen LogP contribution in [0.4, 0.5) is 0 Å². The maximum Gasteiger partial charge on any atom is 0.313 e. The third kappa shape index (κ3) is 7.08. The first kappa shape index (κ1) is 15.9. The van der Waals surface area contributed by atoms with Gasteiger partial charge in [0.15, 0.2) is 0 Å². The number of amides is 1. The van der Waals surface area contributed by atoms with Crippen molar-refractivity contribution in [1.29, 1.82) is 0 Å². The van der Waals surface area contributed by atoms with E-state index in [-0.39, 0.29) is 23.5 Å². The lowest BCUT2D eigenvalue weighted by Crippen LogP contribution is -2.35. The number of carbonyl (C=O) groups is 2. The molecule has 0 saturated carbocycles. The molecule has 1 rings (SSSR count). The minimum absolute atomic E-state index is 0.0172. The Morgan fingerprint density at radius 3 is 2.79 bits per heavy atom. The van der Waals surface area contributed by atoms with Crippen molar-refractivity contribution in [1.82, 2.24) is 5.32 Å². The number of hydrogen-bond donors (Lipinski definition) is 2. The molecule has 1 amide bonds. The lowest BCUT2D eigenvalue weighted by atomic mass is 10.1. The van der Waals surface area contributed by atoms with Crippen molar-refractivity contribution >= 4 is 35.2 Å². The topological polar surface area (TPSA) is 66.4 Å². The van der Waals surface area contributed by atoms with Gasteiger partial charge in [0.2, 0.25) is 5.91 Å². The Balaban J connectivity index is 2.32. The summed E-state index contributed by atoms with van der Waals surface area (Å²) in [6.07, 6.45) is 0.690. The van der Waals surface area contributed by atoms with Crippen molar-refractivity contribution in [2.24, 2.45) is 0 Å². The minimum Gasteiger partial charge on any atom is -0.481 e. The normalized spacial score (nSPS) is 11.9. The largest absolute Gasteiger partial charge is 0.481 e. The SMILES string of the molecule is CC(Cc1cccc(Cl)c1)NC(=O)CSCC(=O)O. The standard InChI is InChI=1S/C13H16ClNO3S/c1-9(5-10-3-2-4-11(14)6-10)15-12(16)7-19-8-13(17)18/h2-4,6,9H,5,7-8H2,1H3,(H,15,16)(H,17,18). The molecule has 4 nitrogen and oxygen atoms in total. The lowest BCUT2D eigenvalue weighted by Gasteiger charge is -2.13. The van der Waals surface area contributed by atoms with Crippen LogP contribution in [-0.2, 0) is 16.0 Å². The van der Waals surface area contributed by atoms with Gasteiger partial charge in [0.1, 0.15) is 0 Å². The highest BCUT2D eigenvalue weighted by Gasteiger charge is 2.09. The average Bonchev–Trinajstić information content (AvgIpc) is 2.27. The van der Waals surface area contributed by atoms with Gasteiger partial charge in [-0.15, -0.1) is 11.8 Å². The lowest BCUT2D eigenvalue weighted by molar-refractivity contribution is -0.133. The molecule has 0 fully saturated rings. The molecule has 104 valence electrons. The van der Waals surface area contributed by atoms with Crippen LogP contribution in [0.15, 0.2) is 24.3 Å². The number of aliphatic carboxylic acids is 1. The molecule has 0 radical (unpaired) electrons. The summed E-state index contributed by atoms with van der Waals surface area (Å²) >= 11 is 6.97. The van der Waals surface area contributed by atoms with E-state index >= 15 is 0 Å². The summed E-state index contributed by atoms with van der Waals surface area (Å²) in [5, 5.41) is 12.0. The number of carboxylic acids is 1. The van der Waals surface area contributed by atoms with E-state index in [0.29, 0.717) is 11.4 Å². The van der Waals surface area contributed by atoms with Gasteiger partial charge in [-0.05, 0) is 31.0 Å². The Labute approximate surface area is 121 Å². The van der Waals surface area contributed by atoms with Crippen molar-refractivity contribution in [3.8, 4) is 0 Å². The van der Waals surface area contributed by atoms with Crippen LogP contribution in [0.3, 0.4) is 0 Å². The summed E-state index contributed by atoms with van der Waals surface area (Å²) < 4.78 is 0. The number of hydrogen-bond acceptors (Lipinski definition) is 3. The zero-order valence-electron chi connectivity index (χ0n) is 10.6. The third-order valence-electron chi connectivity index (χ3n) is 2.30. The van der Waals surface area contributed by atoms with Crippen LogP contribution in [0.5, 0.6) is 0 Å². The Morgan fingerprint density at radius 2 is 2.16 bits per heavy atom. The molecule has 0 aliphatic heterocycles. The fourth-order valence-corrected chi connectivity index (χ4v) is 2.37. The molecule has 0 bridgehead atoms. The van der Waals surface area contributed by atoms with Gasteiger partial charge < -0.3 is 10.4 Å². The monoisotopic (exact) mass is 301 g/mol. The number of carbonyl (C=O) groups excluding carboxylic acids is 1. The predicted octanol–water partition coefficient (Wildman–Crippen LogP) is 2.20. The molecule has 0 aliphatic carbocycles. The zero-order valence-corrected chi connectivity index (χ0v) is 12.1. The van der Waals surface area contributed by atoms with Gasteiger partial charge in [0.25, 0.3) is 0 Å². The van der Waals surface area contributed by atoms with Crippen LogP contribution in [0, 0.1) is 0 Å². The fraction of sp³-hybridized carbons (Fsp3) is 0.385. The molecule has 1 unspecified atom stereocenters. The van der Waals surface area contributed by atoms with Crippen LogP contribution < -0.4 is 5.32 Å². The van der Waals surface area contributed by atoms with E-state index in [1.807, 2.05) is 25.1 Å². The van der Waals surface area contributed by atoms with Gasteiger partial charge in [-0.25, -0.2) is 0 Å². The number of rotatable bonds is 7. The first-order chi connectivity index (χ1) is 8.97. The highest BCUT2D eigenvalue weighted by atomic mass is 35.5. The van der Waals surface area contributed by atoms with Crippen molar-refractivity contribution in [2.45, 2.75) is 19.4 Å². The zero-order chi connectivity index (χ0) is 14.3. The van der Waals surface area contributed by atoms with E-state index in [0.717, 1.165) is 17.3 Å². The van der Waals surface area contributed by atoms with Crippen molar-refractivity contribution in [3.63, 3.8) is 0 Å². The predicted molar refractivity (Wildman–Crippen MR) is 77.7 cm³/mol. The second kappa shape index (κ2) is 8.07. The Bertz CT molecular complexity index is 453. The molecule has 0 spiro atoms. The smallest absolute Gasteiger partial charge is 0.313 e. The maximum atomic E-state index is 11.5. The Hall–Kier alpha value is -1.20. The summed E-state index contributed by atoms with van der Waals surface area (Å²) in [4.78, 5) is 21.9. The molecule has 1 aromatic carbocycles. The maximum absolute atomic E-state index is 11.5. The average molecular weight is 302 g/mol. The van der Waals surface area contributed by atoms with Gasteiger partial charge in [0.05, 0.1) is 11.5 Å². The van der Waals surface area contributed by atoms with E-state index in [1.165, 1.54) is 0 Å². The molecule has 0 aromatic heterocycles. The van der Waals surface area contributed by atoms with Gasteiger partial charge in [-0.3, -0.25) is 9.59 Å². The van der Waals surface area contributed by atoms with Crippen LogP contribution in [0.2, 0.25) is 5.02 Å². The first-order valence-corrected chi connectivity index (χ1v) is 7.34. The summed E-state index contributed by atoms with van der Waals surface area (Å²) in [5.74, 6) is -0.965. The summed E-state index contributed by atoms with van der Waals surface area (Å²) in [6.45, 7) is 1.90. The van der Waals surface area contributed by atoms with Gasteiger partial charge in [0, 0.05) is 11.1 Å². The van der Waals surface area contributed by atoms with E-state index in [4.69, 9.17) is 16.7 Å². The molecule has 1 atom stereocenters. The molecule has 0 saturated heterocycles. The highest BCUT2D eigenvalue weighted by molar-refractivity contribution is 8.00. The quantitative estimate of drug-likeness (QED) is 0.810. The van der Waals surface area contributed by atoms with Gasteiger partial charge in [-0.1, -0.05) is 23.7 Å². The van der Waals surface area contributed by atoms with Gasteiger partial charge in [-0.2, -0.15) is 0 Å². The summed E-state index contributed by atoms with van der Waals surface area (Å²) in [5.41, 5.74) is 1.05. The van der Waals surface area contributed by atoms with E-state index in [1.54, 1.807) is 6.07 Å². The molecule has 6 heteroatoms. The molecule has 2 N–H and O–H groups in total. The molecular formula is C13H16ClNO3S. The van der Waals surface area contributed by atoms with Crippen LogP contribution in [0.1, 0.15) is 12.5 Å². The summed E-state index contributed by atoms with van der Waals surface area (Å²) in [6, 6.07) is 7.47. The first-order valence-electron chi connectivity index (χ1n) is 5.80. The third-order valence-corrected chi connectivity index (χ3v) is 3.45. The van der Waals surface area contributed by atoms with E-state index in [2.05, 4.69) is 5.32 Å². The summed E-state index contributed by atoms with van der Waals surface area (Å²) in [7, 11) is 0. The van der Waals surface area contributed by atoms with Gasteiger partial charge >= 0.3 is 5.97 Å². The van der Waals surface area contributed by atoms with E-state index in [9.17, 15) is 9.59 Å². The number of thioether (sulfide) groups is 1. The molecule has 1 aromatic rings. The molecular weight excluding hydrogens is 286 g/mol. The number of carboxylic acid groups (broad SMARTS) is 1. The van der Waals surface area contributed by atoms with Crippen molar-refractivity contribution < 1.29 is 14.7 Å². The second-order valence-electron chi connectivity index (χ2n) is 4.19. The van der Waals surface area contributed by atoms with Crippen LogP contribution in [0.25, 0.3) is 0 Å². The number of halogens is 1. The fourth-order valence-electron chi connectivity index (χ4n) is 1.62. The van der Waals surface area contributed by atoms with E-state index < -0.39 is 5.97 Å². The molecule has 0 heterocycles. The van der Waals surface area contributed by atoms with Crippen LogP contribution >= 0.6 is 23.4 Å². The van der Waals surface area contributed by atoms with Crippen molar-refractivity contribution in [3.05, 3.63) is 34.9 Å².